The number of alkyl halides is 6. The molecule has 0 spiro atoms. The first-order valence-corrected chi connectivity index (χ1v) is 7.48. The summed E-state index contributed by atoms with van der Waals surface area (Å²) >= 11 is 0. The summed E-state index contributed by atoms with van der Waals surface area (Å²) in [7, 11) is 0. The Labute approximate surface area is 146 Å². The van der Waals surface area contributed by atoms with Gasteiger partial charge in [-0.15, -0.1) is 0 Å². The molecule has 2 nitrogen and oxygen atoms in total. The molecule has 0 unspecified atom stereocenters. The Morgan fingerprint density at radius 1 is 0.962 bits per heavy atom. The van der Waals surface area contributed by atoms with Crippen molar-refractivity contribution >= 4 is 5.69 Å². The molecule has 26 heavy (non-hydrogen) atoms. The summed E-state index contributed by atoms with van der Waals surface area (Å²) in [4.78, 5) is 0.807. The van der Waals surface area contributed by atoms with Crippen molar-refractivity contribution in [2.75, 3.05) is 11.4 Å². The average Bonchev–Trinajstić information content (AvgIpc) is 2.53. The van der Waals surface area contributed by atoms with Gasteiger partial charge in [0.05, 0.1) is 17.2 Å². The second-order valence-corrected chi connectivity index (χ2v) is 5.80. The summed E-state index contributed by atoms with van der Waals surface area (Å²) in [6.45, 7) is 0.181. The largest absolute Gasteiger partial charge is 0.417 e. The standard InChI is InChI=1S/C18H14F6N2/c1-12-2-4-13(5-3-12)10-26(11-17(19,20)21)15-7-6-14(9-25)16(8-15)18(22,23)24/h2-8H,10-11H2,1H3. The second kappa shape index (κ2) is 7.28. The van der Waals surface area contributed by atoms with E-state index in [4.69, 9.17) is 5.26 Å². The fourth-order valence-corrected chi connectivity index (χ4v) is 2.43. The summed E-state index contributed by atoms with van der Waals surface area (Å²) in [6, 6.07) is 10.6. The maximum Gasteiger partial charge on any atom is 0.417 e. The van der Waals surface area contributed by atoms with Gasteiger partial charge >= 0.3 is 12.4 Å². The van der Waals surface area contributed by atoms with Crippen LogP contribution in [0.25, 0.3) is 0 Å². The molecule has 0 N–H and O–H groups in total. The van der Waals surface area contributed by atoms with Gasteiger partial charge in [0.2, 0.25) is 0 Å². The molecule has 2 rings (SSSR count). The van der Waals surface area contributed by atoms with Crippen molar-refractivity contribution in [1.29, 1.82) is 5.26 Å². The molecular formula is C18H14F6N2. The molecule has 0 bridgehead atoms. The van der Waals surface area contributed by atoms with Crippen LogP contribution in [0.5, 0.6) is 0 Å². The van der Waals surface area contributed by atoms with E-state index in [2.05, 4.69) is 0 Å². The number of aryl methyl sites for hydroxylation is 1. The Balaban J connectivity index is 2.45. The molecule has 0 radical (unpaired) electrons. The maximum atomic E-state index is 13.1. The van der Waals surface area contributed by atoms with Crippen LogP contribution in [0, 0.1) is 18.3 Å². The molecular weight excluding hydrogens is 358 g/mol. The zero-order valence-corrected chi connectivity index (χ0v) is 13.6. The predicted octanol–water partition coefficient (Wildman–Crippen LogP) is 5.45. The lowest BCUT2D eigenvalue weighted by Gasteiger charge is -2.27. The minimum Gasteiger partial charge on any atom is -0.358 e. The van der Waals surface area contributed by atoms with E-state index in [1.54, 1.807) is 24.3 Å². The first kappa shape index (κ1) is 19.6. The first-order valence-electron chi connectivity index (χ1n) is 7.48. The Morgan fingerprint density at radius 2 is 1.58 bits per heavy atom. The summed E-state index contributed by atoms with van der Waals surface area (Å²) in [5, 5.41) is 8.82. The van der Waals surface area contributed by atoms with E-state index in [1.807, 2.05) is 6.92 Å². The van der Waals surface area contributed by atoms with Crippen LogP contribution < -0.4 is 4.90 Å². The molecule has 8 heteroatoms. The monoisotopic (exact) mass is 372 g/mol. The van der Waals surface area contributed by atoms with Gasteiger partial charge in [0.15, 0.2) is 0 Å². The van der Waals surface area contributed by atoms with E-state index in [0.29, 0.717) is 11.6 Å². The number of nitriles is 1. The second-order valence-electron chi connectivity index (χ2n) is 5.80. The van der Waals surface area contributed by atoms with Crippen molar-refractivity contribution in [3.05, 3.63) is 64.7 Å². The predicted molar refractivity (Wildman–Crippen MR) is 84.4 cm³/mol. The summed E-state index contributed by atoms with van der Waals surface area (Å²) in [5.41, 5.74) is -0.710. The van der Waals surface area contributed by atoms with Crippen LogP contribution in [0.15, 0.2) is 42.5 Å². The van der Waals surface area contributed by atoms with Gasteiger partial charge in [-0.3, -0.25) is 0 Å². The Morgan fingerprint density at radius 3 is 2.08 bits per heavy atom. The lowest BCUT2D eigenvalue weighted by molar-refractivity contribution is -0.137. The highest BCUT2D eigenvalue weighted by molar-refractivity contribution is 5.55. The van der Waals surface area contributed by atoms with Crippen LogP contribution in [0.1, 0.15) is 22.3 Å². The van der Waals surface area contributed by atoms with Crippen molar-refractivity contribution in [2.45, 2.75) is 25.8 Å². The molecule has 0 heterocycles. The van der Waals surface area contributed by atoms with Gasteiger partial charge in [0, 0.05) is 12.2 Å². The SMILES string of the molecule is Cc1ccc(CN(CC(F)(F)F)c2ccc(C#N)c(C(F)(F)F)c2)cc1. The molecule has 0 fully saturated rings. The van der Waals surface area contributed by atoms with E-state index in [0.717, 1.165) is 22.6 Å². The minimum atomic E-state index is -4.84. The molecule has 0 atom stereocenters. The van der Waals surface area contributed by atoms with Crippen molar-refractivity contribution < 1.29 is 26.3 Å². The van der Waals surface area contributed by atoms with Crippen LogP contribution in [0.2, 0.25) is 0 Å². The van der Waals surface area contributed by atoms with Crippen molar-refractivity contribution in [3.63, 3.8) is 0 Å². The smallest absolute Gasteiger partial charge is 0.358 e. The first-order chi connectivity index (χ1) is 12.0. The lowest BCUT2D eigenvalue weighted by atomic mass is 10.1. The third-order valence-corrected chi connectivity index (χ3v) is 3.66. The number of hydrogen-bond acceptors (Lipinski definition) is 2. The van der Waals surface area contributed by atoms with Gasteiger partial charge in [0.1, 0.15) is 6.54 Å². The summed E-state index contributed by atoms with van der Waals surface area (Å²) in [6.07, 6.45) is -9.44. The van der Waals surface area contributed by atoms with E-state index >= 15 is 0 Å². The van der Waals surface area contributed by atoms with Crippen LogP contribution in [0.3, 0.4) is 0 Å². The van der Waals surface area contributed by atoms with Crippen molar-refractivity contribution in [1.82, 2.24) is 0 Å². The number of rotatable bonds is 4. The number of benzene rings is 2. The van der Waals surface area contributed by atoms with Gasteiger partial charge < -0.3 is 4.90 Å². The molecule has 0 aromatic heterocycles. The molecule has 0 saturated heterocycles. The fraction of sp³-hybridized carbons (Fsp3) is 0.278. The molecule has 2 aromatic carbocycles. The fourth-order valence-electron chi connectivity index (χ4n) is 2.43. The normalized spacial score (nSPS) is 11.9. The third-order valence-electron chi connectivity index (χ3n) is 3.66. The molecule has 0 aliphatic carbocycles. The van der Waals surface area contributed by atoms with Crippen molar-refractivity contribution in [3.8, 4) is 6.07 Å². The van der Waals surface area contributed by atoms with Gasteiger partial charge in [-0.1, -0.05) is 29.8 Å². The van der Waals surface area contributed by atoms with Gasteiger partial charge in [-0.25, -0.2) is 0 Å². The van der Waals surface area contributed by atoms with E-state index in [9.17, 15) is 26.3 Å². The molecule has 138 valence electrons. The topological polar surface area (TPSA) is 27.0 Å². The average molecular weight is 372 g/mol. The van der Waals surface area contributed by atoms with E-state index < -0.39 is 30.0 Å². The maximum absolute atomic E-state index is 13.1. The summed E-state index contributed by atoms with van der Waals surface area (Å²) in [5.74, 6) is 0. The highest BCUT2D eigenvalue weighted by Gasteiger charge is 2.36. The number of halogens is 6. The van der Waals surface area contributed by atoms with Crippen LogP contribution in [-0.4, -0.2) is 12.7 Å². The number of hydrogen-bond donors (Lipinski definition) is 0. The quantitative estimate of drug-likeness (QED) is 0.667. The van der Waals surface area contributed by atoms with E-state index in [-0.39, 0.29) is 12.2 Å². The molecule has 0 saturated carbocycles. The molecule has 0 aliphatic heterocycles. The van der Waals surface area contributed by atoms with E-state index in [1.165, 1.54) is 6.07 Å². The van der Waals surface area contributed by atoms with Gasteiger partial charge in [0.25, 0.3) is 0 Å². The van der Waals surface area contributed by atoms with Gasteiger partial charge in [-0.2, -0.15) is 31.6 Å². The molecule has 2 aromatic rings. The Hall–Kier alpha value is -2.69. The van der Waals surface area contributed by atoms with Gasteiger partial charge in [-0.05, 0) is 30.7 Å². The minimum absolute atomic E-state index is 0.219. The van der Waals surface area contributed by atoms with Crippen molar-refractivity contribution in [2.24, 2.45) is 0 Å². The Bertz CT molecular complexity index is 800. The highest BCUT2D eigenvalue weighted by atomic mass is 19.4. The zero-order chi connectivity index (χ0) is 19.5. The zero-order valence-electron chi connectivity index (χ0n) is 13.6. The number of nitrogens with zero attached hydrogens (tertiary/aromatic N) is 2. The van der Waals surface area contributed by atoms with Crippen LogP contribution in [-0.2, 0) is 12.7 Å². The third kappa shape index (κ3) is 5.15. The van der Waals surface area contributed by atoms with Crippen LogP contribution >= 0.6 is 0 Å². The van der Waals surface area contributed by atoms with Crippen LogP contribution in [0.4, 0.5) is 32.0 Å². The highest BCUT2D eigenvalue weighted by Crippen LogP contribution is 2.35. The lowest BCUT2D eigenvalue weighted by Crippen LogP contribution is -2.34. The molecule has 0 aliphatic rings. The number of anilines is 1. The molecule has 0 amide bonds. The Kier molecular flexibility index (Phi) is 5.50. The summed E-state index contributed by atoms with van der Waals surface area (Å²) < 4.78 is 78.1.